The van der Waals surface area contributed by atoms with E-state index in [-0.39, 0.29) is 11.4 Å². The molecule has 1 amide bonds. The molecule has 25 heavy (non-hydrogen) atoms. The van der Waals surface area contributed by atoms with Crippen molar-refractivity contribution in [3.63, 3.8) is 0 Å². The van der Waals surface area contributed by atoms with Gasteiger partial charge in [0.2, 0.25) is 0 Å². The van der Waals surface area contributed by atoms with E-state index in [1.807, 2.05) is 0 Å². The van der Waals surface area contributed by atoms with Gasteiger partial charge in [0.05, 0.1) is 0 Å². The number of nitrogens with one attached hydrogen (secondary N) is 1. The number of ether oxygens (including phenoxy) is 2. The standard InChI is InChI=1S/C16H12F5NO3/c1-9(24-12-6-7-13(17)14(18)8-12)15(23)22-10-2-4-11(5-3-10)25-16(19,20)21/h2-9H,1H3,(H,22,23). The third kappa shape index (κ3) is 5.63. The number of amides is 1. The van der Waals surface area contributed by atoms with Crippen LogP contribution in [-0.2, 0) is 4.79 Å². The van der Waals surface area contributed by atoms with E-state index >= 15 is 0 Å². The zero-order valence-corrected chi connectivity index (χ0v) is 12.7. The van der Waals surface area contributed by atoms with Gasteiger partial charge in [0.1, 0.15) is 11.5 Å². The maximum absolute atomic E-state index is 13.1. The van der Waals surface area contributed by atoms with Gasteiger partial charge in [-0.05, 0) is 43.3 Å². The molecule has 0 aliphatic carbocycles. The molecule has 0 bridgehead atoms. The molecule has 0 fully saturated rings. The average molecular weight is 361 g/mol. The number of carbonyl (C=O) groups is 1. The molecule has 134 valence electrons. The largest absolute Gasteiger partial charge is 0.573 e. The summed E-state index contributed by atoms with van der Waals surface area (Å²) >= 11 is 0. The molecule has 1 atom stereocenters. The van der Waals surface area contributed by atoms with Crippen LogP contribution in [0.1, 0.15) is 6.92 Å². The molecular weight excluding hydrogens is 349 g/mol. The van der Waals surface area contributed by atoms with Gasteiger partial charge in [0.15, 0.2) is 17.7 Å². The molecule has 0 aliphatic rings. The quantitative estimate of drug-likeness (QED) is 0.809. The summed E-state index contributed by atoms with van der Waals surface area (Å²) in [6, 6.07) is 7.29. The molecule has 0 heterocycles. The summed E-state index contributed by atoms with van der Waals surface area (Å²) < 4.78 is 71.0. The first kappa shape index (κ1) is 18.5. The molecule has 4 nitrogen and oxygen atoms in total. The van der Waals surface area contributed by atoms with Gasteiger partial charge < -0.3 is 14.8 Å². The van der Waals surface area contributed by atoms with Crippen molar-refractivity contribution >= 4 is 11.6 Å². The predicted molar refractivity (Wildman–Crippen MR) is 78.2 cm³/mol. The Kier molecular flexibility index (Phi) is 5.45. The summed E-state index contributed by atoms with van der Waals surface area (Å²) in [7, 11) is 0. The second-order valence-corrected chi connectivity index (χ2v) is 4.90. The lowest BCUT2D eigenvalue weighted by Gasteiger charge is -2.15. The Balaban J connectivity index is 1.95. The van der Waals surface area contributed by atoms with Crippen molar-refractivity contribution in [2.75, 3.05) is 5.32 Å². The van der Waals surface area contributed by atoms with Crippen LogP contribution in [0.2, 0.25) is 0 Å². The lowest BCUT2D eigenvalue weighted by atomic mass is 10.2. The number of hydrogen-bond donors (Lipinski definition) is 1. The number of benzene rings is 2. The molecular formula is C16H12F5NO3. The molecule has 1 N–H and O–H groups in total. The number of alkyl halides is 3. The lowest BCUT2D eigenvalue weighted by molar-refractivity contribution is -0.274. The molecule has 2 rings (SSSR count). The van der Waals surface area contributed by atoms with Gasteiger partial charge in [-0.1, -0.05) is 0 Å². The normalized spacial score (nSPS) is 12.4. The minimum absolute atomic E-state index is 0.0459. The molecule has 0 saturated heterocycles. The highest BCUT2D eigenvalue weighted by Gasteiger charge is 2.31. The van der Waals surface area contributed by atoms with Gasteiger partial charge in [-0.25, -0.2) is 8.78 Å². The van der Waals surface area contributed by atoms with E-state index < -0.39 is 35.8 Å². The van der Waals surface area contributed by atoms with Crippen molar-refractivity contribution < 1.29 is 36.2 Å². The second-order valence-electron chi connectivity index (χ2n) is 4.90. The van der Waals surface area contributed by atoms with Crippen molar-refractivity contribution in [1.29, 1.82) is 0 Å². The molecule has 2 aromatic carbocycles. The maximum Gasteiger partial charge on any atom is 0.573 e. The average Bonchev–Trinajstić information content (AvgIpc) is 2.51. The SMILES string of the molecule is CC(Oc1ccc(F)c(F)c1)C(=O)Nc1ccc(OC(F)(F)F)cc1. The molecule has 0 radical (unpaired) electrons. The summed E-state index contributed by atoms with van der Waals surface area (Å²) in [4.78, 5) is 12.0. The fourth-order valence-electron chi connectivity index (χ4n) is 1.79. The summed E-state index contributed by atoms with van der Waals surface area (Å²) in [5.41, 5.74) is 0.209. The first-order chi connectivity index (χ1) is 11.6. The topological polar surface area (TPSA) is 47.6 Å². The number of hydrogen-bond acceptors (Lipinski definition) is 3. The smallest absolute Gasteiger partial charge is 0.481 e. The van der Waals surface area contributed by atoms with Crippen LogP contribution in [0.5, 0.6) is 11.5 Å². The summed E-state index contributed by atoms with van der Waals surface area (Å²) in [6.07, 6.45) is -5.87. The Labute approximate surface area is 139 Å². The lowest BCUT2D eigenvalue weighted by Crippen LogP contribution is -2.30. The van der Waals surface area contributed by atoms with Crippen molar-refractivity contribution in [2.24, 2.45) is 0 Å². The molecule has 0 aliphatic heterocycles. The Morgan fingerprint density at radius 2 is 1.60 bits per heavy atom. The van der Waals surface area contributed by atoms with Crippen LogP contribution in [0.3, 0.4) is 0 Å². The van der Waals surface area contributed by atoms with Crippen LogP contribution in [-0.4, -0.2) is 18.4 Å². The van der Waals surface area contributed by atoms with E-state index in [1.54, 1.807) is 0 Å². The third-order valence-electron chi connectivity index (χ3n) is 2.93. The zero-order chi connectivity index (χ0) is 18.6. The van der Waals surface area contributed by atoms with Gasteiger partial charge in [-0.2, -0.15) is 0 Å². The van der Waals surface area contributed by atoms with E-state index in [0.29, 0.717) is 0 Å². The first-order valence-electron chi connectivity index (χ1n) is 6.92. The third-order valence-corrected chi connectivity index (χ3v) is 2.93. The van der Waals surface area contributed by atoms with Crippen LogP contribution in [0, 0.1) is 11.6 Å². The summed E-state index contributed by atoms with van der Waals surface area (Å²) in [6.45, 7) is 1.37. The van der Waals surface area contributed by atoms with Crippen LogP contribution in [0.15, 0.2) is 42.5 Å². The van der Waals surface area contributed by atoms with Crippen molar-refractivity contribution in [3.8, 4) is 11.5 Å². The van der Waals surface area contributed by atoms with Gasteiger partial charge >= 0.3 is 6.36 Å². The maximum atomic E-state index is 13.1. The van der Waals surface area contributed by atoms with Gasteiger partial charge in [0, 0.05) is 11.8 Å². The molecule has 0 aromatic heterocycles. The minimum atomic E-state index is -4.81. The highest BCUT2D eigenvalue weighted by atomic mass is 19.4. The first-order valence-corrected chi connectivity index (χ1v) is 6.92. The van der Waals surface area contributed by atoms with Gasteiger partial charge in [-0.3, -0.25) is 4.79 Å². The second kappa shape index (κ2) is 7.37. The van der Waals surface area contributed by atoms with E-state index in [1.165, 1.54) is 19.1 Å². The molecule has 0 saturated carbocycles. The van der Waals surface area contributed by atoms with E-state index in [9.17, 15) is 26.7 Å². The summed E-state index contributed by atoms with van der Waals surface area (Å²) in [5.74, 6) is -3.28. The Bertz CT molecular complexity index is 746. The van der Waals surface area contributed by atoms with Crippen molar-refractivity contribution in [3.05, 3.63) is 54.1 Å². The predicted octanol–water partition coefficient (Wildman–Crippen LogP) is 4.27. The highest BCUT2D eigenvalue weighted by Crippen LogP contribution is 2.24. The van der Waals surface area contributed by atoms with E-state index in [4.69, 9.17) is 4.74 Å². The van der Waals surface area contributed by atoms with Gasteiger partial charge in [-0.15, -0.1) is 13.2 Å². The van der Waals surface area contributed by atoms with Crippen molar-refractivity contribution in [1.82, 2.24) is 0 Å². The van der Waals surface area contributed by atoms with Crippen LogP contribution in [0.25, 0.3) is 0 Å². The van der Waals surface area contributed by atoms with E-state index in [0.717, 1.165) is 30.3 Å². The Hall–Kier alpha value is -2.84. The molecule has 0 spiro atoms. The van der Waals surface area contributed by atoms with Crippen LogP contribution < -0.4 is 14.8 Å². The number of rotatable bonds is 5. The van der Waals surface area contributed by atoms with Crippen molar-refractivity contribution in [2.45, 2.75) is 19.4 Å². The summed E-state index contributed by atoms with van der Waals surface area (Å²) in [5, 5.41) is 2.41. The fourth-order valence-corrected chi connectivity index (χ4v) is 1.79. The number of anilines is 1. The Morgan fingerprint density at radius 3 is 2.16 bits per heavy atom. The minimum Gasteiger partial charge on any atom is -0.481 e. The monoisotopic (exact) mass is 361 g/mol. The van der Waals surface area contributed by atoms with E-state index in [2.05, 4.69) is 10.1 Å². The zero-order valence-electron chi connectivity index (χ0n) is 12.7. The highest BCUT2D eigenvalue weighted by molar-refractivity contribution is 5.94. The molecule has 9 heteroatoms. The molecule has 1 unspecified atom stereocenters. The fraction of sp³-hybridized carbons (Fsp3) is 0.188. The molecule has 2 aromatic rings. The van der Waals surface area contributed by atoms with Crippen LogP contribution >= 0.6 is 0 Å². The van der Waals surface area contributed by atoms with Gasteiger partial charge in [0.25, 0.3) is 5.91 Å². The Morgan fingerprint density at radius 1 is 1.00 bits per heavy atom. The number of halogens is 5. The number of carbonyl (C=O) groups excluding carboxylic acids is 1. The van der Waals surface area contributed by atoms with Crippen LogP contribution in [0.4, 0.5) is 27.6 Å².